The van der Waals surface area contributed by atoms with Crippen molar-refractivity contribution < 1.29 is 4.42 Å². The number of nitrogens with zero attached hydrogens (tertiary/aromatic N) is 2. The number of hydrogen-bond acceptors (Lipinski definition) is 2. The summed E-state index contributed by atoms with van der Waals surface area (Å²) in [6.45, 7) is 0. The number of anilines is 3. The van der Waals surface area contributed by atoms with Crippen molar-refractivity contribution in [3.05, 3.63) is 194 Å². The van der Waals surface area contributed by atoms with Crippen LogP contribution in [0.5, 0.6) is 0 Å². The smallest absolute Gasteiger partial charge is 0.136 e. The Hall–Kier alpha value is -7.10. The molecule has 53 heavy (non-hydrogen) atoms. The second-order valence-electron chi connectivity index (χ2n) is 13.7. The maximum atomic E-state index is 6.38. The zero-order valence-corrected chi connectivity index (χ0v) is 28.8. The summed E-state index contributed by atoms with van der Waals surface area (Å²) in [6.07, 6.45) is 0. The second kappa shape index (κ2) is 11.7. The number of furan rings is 1. The third kappa shape index (κ3) is 4.68. The van der Waals surface area contributed by atoms with Crippen LogP contribution in [0.25, 0.3) is 82.1 Å². The largest absolute Gasteiger partial charge is 0.456 e. The Morgan fingerprint density at radius 2 is 1.00 bits per heavy atom. The Labute approximate surface area is 306 Å². The van der Waals surface area contributed by atoms with Crippen molar-refractivity contribution in [2.24, 2.45) is 0 Å². The van der Waals surface area contributed by atoms with E-state index in [2.05, 4.69) is 191 Å². The highest BCUT2D eigenvalue weighted by Gasteiger charge is 2.20. The molecule has 0 N–H and O–H groups in total. The van der Waals surface area contributed by atoms with Gasteiger partial charge in [0.1, 0.15) is 11.2 Å². The van der Waals surface area contributed by atoms with Gasteiger partial charge in [-0.15, -0.1) is 0 Å². The molecule has 2 heterocycles. The van der Waals surface area contributed by atoms with Crippen LogP contribution in [0.15, 0.2) is 199 Å². The van der Waals surface area contributed by atoms with Crippen LogP contribution in [-0.4, -0.2) is 4.57 Å². The predicted molar refractivity (Wildman–Crippen MR) is 223 cm³/mol. The molecule has 11 rings (SSSR count). The first kappa shape index (κ1) is 29.6. The molecule has 11 aromatic rings. The van der Waals surface area contributed by atoms with Crippen molar-refractivity contribution in [2.75, 3.05) is 4.90 Å². The van der Waals surface area contributed by atoms with Gasteiger partial charge in [-0.2, -0.15) is 0 Å². The first-order valence-electron chi connectivity index (χ1n) is 18.1. The molecule has 0 unspecified atom stereocenters. The van der Waals surface area contributed by atoms with Gasteiger partial charge >= 0.3 is 0 Å². The molecule has 0 fully saturated rings. The van der Waals surface area contributed by atoms with Gasteiger partial charge in [-0.05, 0) is 93.8 Å². The van der Waals surface area contributed by atoms with Gasteiger partial charge in [0.2, 0.25) is 0 Å². The summed E-state index contributed by atoms with van der Waals surface area (Å²) in [5, 5.41) is 9.68. The standard InChI is InChI=1S/C50H32N2O/c1-2-15-39-33(12-1)24-25-34-26-28-38(32-45(34)39)51(36-13-11-14-37(31-36)52-47-21-8-4-17-41(47)42-18-5-9-22-48(42)52)46-20-7-3-16-40(46)35-27-29-44-43-19-6-10-23-49(43)53-50(44)30-35/h1-32H. The number of aromatic nitrogens is 1. The maximum Gasteiger partial charge on any atom is 0.136 e. The van der Waals surface area contributed by atoms with Crippen LogP contribution in [-0.2, 0) is 0 Å². The second-order valence-corrected chi connectivity index (χ2v) is 13.7. The van der Waals surface area contributed by atoms with E-state index in [4.69, 9.17) is 4.42 Å². The number of benzene rings is 9. The minimum atomic E-state index is 0.885. The van der Waals surface area contributed by atoms with Gasteiger partial charge in [-0.3, -0.25) is 0 Å². The van der Waals surface area contributed by atoms with E-state index < -0.39 is 0 Å². The molecule has 0 spiro atoms. The molecule has 2 aromatic heterocycles. The van der Waals surface area contributed by atoms with Gasteiger partial charge in [-0.25, -0.2) is 0 Å². The lowest BCUT2D eigenvalue weighted by Gasteiger charge is -2.29. The number of fused-ring (bicyclic) bond motifs is 9. The normalized spacial score (nSPS) is 11.8. The molecule has 248 valence electrons. The van der Waals surface area contributed by atoms with E-state index in [9.17, 15) is 0 Å². The molecular formula is C50H32N2O. The Morgan fingerprint density at radius 1 is 0.377 bits per heavy atom. The first-order chi connectivity index (χ1) is 26.3. The molecule has 9 aromatic carbocycles. The van der Waals surface area contributed by atoms with Crippen LogP contribution >= 0.6 is 0 Å². The molecule has 0 atom stereocenters. The van der Waals surface area contributed by atoms with Crippen molar-refractivity contribution in [3.8, 4) is 16.8 Å². The Morgan fingerprint density at radius 3 is 1.83 bits per heavy atom. The van der Waals surface area contributed by atoms with Crippen molar-refractivity contribution in [1.29, 1.82) is 0 Å². The summed E-state index contributed by atoms with van der Waals surface area (Å²) in [7, 11) is 0. The maximum absolute atomic E-state index is 6.38. The minimum absolute atomic E-state index is 0.885. The zero-order valence-electron chi connectivity index (χ0n) is 28.8. The topological polar surface area (TPSA) is 21.3 Å². The fourth-order valence-corrected chi connectivity index (χ4v) is 8.33. The van der Waals surface area contributed by atoms with Crippen LogP contribution in [0.1, 0.15) is 0 Å². The summed E-state index contributed by atoms with van der Waals surface area (Å²) in [5.74, 6) is 0. The van der Waals surface area contributed by atoms with Gasteiger partial charge in [0, 0.05) is 44.2 Å². The number of rotatable bonds is 5. The lowest BCUT2D eigenvalue weighted by Crippen LogP contribution is -2.12. The van der Waals surface area contributed by atoms with Crippen molar-refractivity contribution >= 4 is 82.4 Å². The molecule has 0 aliphatic heterocycles. The third-order valence-corrected chi connectivity index (χ3v) is 10.7. The average molecular weight is 677 g/mol. The van der Waals surface area contributed by atoms with Gasteiger partial charge < -0.3 is 13.9 Å². The van der Waals surface area contributed by atoms with Crippen molar-refractivity contribution in [3.63, 3.8) is 0 Å². The van der Waals surface area contributed by atoms with Crippen molar-refractivity contribution in [2.45, 2.75) is 0 Å². The average Bonchev–Trinajstić information content (AvgIpc) is 3.77. The van der Waals surface area contributed by atoms with Crippen LogP contribution in [0.2, 0.25) is 0 Å². The molecule has 0 radical (unpaired) electrons. The van der Waals surface area contributed by atoms with Gasteiger partial charge in [0.25, 0.3) is 0 Å². The van der Waals surface area contributed by atoms with Gasteiger partial charge in [0.15, 0.2) is 0 Å². The lowest BCUT2D eigenvalue weighted by molar-refractivity contribution is 0.669. The summed E-state index contributed by atoms with van der Waals surface area (Å²) in [4.78, 5) is 2.41. The molecule has 3 nitrogen and oxygen atoms in total. The van der Waals surface area contributed by atoms with E-state index in [1.807, 2.05) is 12.1 Å². The first-order valence-corrected chi connectivity index (χ1v) is 18.1. The van der Waals surface area contributed by atoms with Gasteiger partial charge in [0.05, 0.1) is 16.7 Å². The van der Waals surface area contributed by atoms with E-state index >= 15 is 0 Å². The minimum Gasteiger partial charge on any atom is -0.456 e. The Balaban J connectivity index is 1.16. The van der Waals surface area contributed by atoms with Crippen LogP contribution in [0.3, 0.4) is 0 Å². The van der Waals surface area contributed by atoms with E-state index in [1.165, 1.54) is 43.4 Å². The lowest BCUT2D eigenvalue weighted by atomic mass is 9.98. The SMILES string of the molecule is c1cc(N(c2ccc3ccc4ccccc4c3c2)c2ccccc2-c2ccc3c(c2)oc2ccccc23)cc(-n2c3ccccc3c3ccccc32)c1. The highest BCUT2D eigenvalue weighted by molar-refractivity contribution is 6.11. The zero-order chi connectivity index (χ0) is 34.9. The fourth-order valence-electron chi connectivity index (χ4n) is 8.33. The molecule has 0 aliphatic rings. The van der Waals surface area contributed by atoms with E-state index in [-0.39, 0.29) is 0 Å². The molecular weight excluding hydrogens is 645 g/mol. The molecule has 0 saturated carbocycles. The van der Waals surface area contributed by atoms with Gasteiger partial charge in [-0.1, -0.05) is 127 Å². The molecule has 3 heteroatoms. The highest BCUT2D eigenvalue weighted by atomic mass is 16.3. The van der Waals surface area contributed by atoms with E-state index in [0.717, 1.165) is 55.8 Å². The van der Waals surface area contributed by atoms with Crippen LogP contribution in [0.4, 0.5) is 17.1 Å². The predicted octanol–water partition coefficient (Wildman–Crippen LogP) is 14.1. The Bertz CT molecular complexity index is 3150. The van der Waals surface area contributed by atoms with Crippen LogP contribution in [0, 0.1) is 0 Å². The van der Waals surface area contributed by atoms with E-state index in [1.54, 1.807) is 0 Å². The summed E-state index contributed by atoms with van der Waals surface area (Å²) >= 11 is 0. The summed E-state index contributed by atoms with van der Waals surface area (Å²) < 4.78 is 8.77. The summed E-state index contributed by atoms with van der Waals surface area (Å²) in [6, 6.07) is 69.9. The molecule has 0 bridgehead atoms. The third-order valence-electron chi connectivity index (χ3n) is 10.7. The Kier molecular flexibility index (Phi) is 6.55. The quantitative estimate of drug-likeness (QED) is 0.169. The van der Waals surface area contributed by atoms with Crippen molar-refractivity contribution in [1.82, 2.24) is 4.57 Å². The number of hydrogen-bond donors (Lipinski definition) is 0. The monoisotopic (exact) mass is 676 g/mol. The number of para-hydroxylation sites is 4. The molecule has 0 amide bonds. The fraction of sp³-hybridized carbons (Fsp3) is 0. The van der Waals surface area contributed by atoms with E-state index in [0.29, 0.717) is 0 Å². The molecule has 0 saturated heterocycles. The summed E-state index contributed by atoms with van der Waals surface area (Å²) in [5.41, 5.74) is 10.7. The highest BCUT2D eigenvalue weighted by Crippen LogP contribution is 2.44. The van der Waals surface area contributed by atoms with Crippen LogP contribution < -0.4 is 4.90 Å². The molecule has 0 aliphatic carbocycles.